The van der Waals surface area contributed by atoms with E-state index in [4.69, 9.17) is 14.6 Å². The summed E-state index contributed by atoms with van der Waals surface area (Å²) in [6.07, 6.45) is 1.31. The van der Waals surface area contributed by atoms with Gasteiger partial charge in [-0.15, -0.1) is 0 Å². The zero-order chi connectivity index (χ0) is 20.9. The Hall–Kier alpha value is -2.81. The molecule has 30 heavy (non-hydrogen) atoms. The van der Waals surface area contributed by atoms with Gasteiger partial charge in [-0.25, -0.2) is 14.6 Å². The molecule has 1 fully saturated rings. The van der Waals surface area contributed by atoms with Crippen LogP contribution in [0, 0.1) is 6.92 Å². The van der Waals surface area contributed by atoms with Crippen molar-refractivity contribution >= 4 is 5.82 Å². The summed E-state index contributed by atoms with van der Waals surface area (Å²) in [6.45, 7) is 7.04. The van der Waals surface area contributed by atoms with Crippen molar-refractivity contribution in [1.29, 1.82) is 0 Å². The Kier molecular flexibility index (Phi) is 6.37. The smallest absolute Gasteiger partial charge is 0.164 e. The molecule has 1 atom stereocenters. The molecule has 0 radical (unpaired) electrons. The van der Waals surface area contributed by atoms with Gasteiger partial charge in [0.25, 0.3) is 0 Å². The summed E-state index contributed by atoms with van der Waals surface area (Å²) >= 11 is 0. The quantitative estimate of drug-likeness (QED) is 0.642. The molecule has 158 valence electrons. The van der Waals surface area contributed by atoms with E-state index >= 15 is 0 Å². The summed E-state index contributed by atoms with van der Waals surface area (Å²) in [7, 11) is 0. The molecule has 8 heteroatoms. The fraction of sp³-hybridized carbons (Fsp3) is 0.409. The third-order valence-electron chi connectivity index (χ3n) is 5.01. The normalized spacial score (nSPS) is 15.4. The summed E-state index contributed by atoms with van der Waals surface area (Å²) in [5.74, 6) is 1.87. The first-order valence-electron chi connectivity index (χ1n) is 10.2. The number of ether oxygens (including phenoxy) is 2. The fourth-order valence-electron chi connectivity index (χ4n) is 3.48. The third kappa shape index (κ3) is 4.51. The average Bonchev–Trinajstić information content (AvgIpc) is 3.28. The van der Waals surface area contributed by atoms with Gasteiger partial charge in [-0.2, -0.15) is 5.10 Å². The van der Waals surface area contributed by atoms with E-state index in [9.17, 15) is 5.11 Å². The van der Waals surface area contributed by atoms with Crippen LogP contribution in [0.5, 0.6) is 0 Å². The average molecular weight is 409 g/mol. The molecule has 1 aliphatic heterocycles. The molecule has 0 aliphatic carbocycles. The predicted octanol–water partition coefficient (Wildman–Crippen LogP) is 2.54. The summed E-state index contributed by atoms with van der Waals surface area (Å²) in [5.41, 5.74) is 3.11. The van der Waals surface area contributed by atoms with Crippen molar-refractivity contribution in [3.05, 3.63) is 54.0 Å². The van der Waals surface area contributed by atoms with Crippen LogP contribution in [0.4, 0.5) is 5.82 Å². The Morgan fingerprint density at radius 2 is 1.93 bits per heavy atom. The van der Waals surface area contributed by atoms with Gasteiger partial charge >= 0.3 is 0 Å². The van der Waals surface area contributed by atoms with Crippen LogP contribution in [0.2, 0.25) is 0 Å². The molecule has 1 aromatic carbocycles. The molecule has 0 spiro atoms. The number of aromatic nitrogens is 4. The van der Waals surface area contributed by atoms with Crippen molar-refractivity contribution in [2.24, 2.45) is 0 Å². The lowest BCUT2D eigenvalue weighted by atomic mass is 10.1. The molecule has 8 nitrogen and oxygen atoms in total. The zero-order valence-corrected chi connectivity index (χ0v) is 17.4. The van der Waals surface area contributed by atoms with Gasteiger partial charge in [-0.1, -0.05) is 23.8 Å². The van der Waals surface area contributed by atoms with Crippen molar-refractivity contribution in [2.75, 3.05) is 44.4 Å². The maximum atomic E-state index is 9.79. The number of hydrogen-bond donors (Lipinski definition) is 1. The molecule has 0 saturated carbocycles. The monoisotopic (exact) mass is 409 g/mol. The number of nitrogens with zero attached hydrogens (tertiary/aromatic N) is 5. The van der Waals surface area contributed by atoms with E-state index in [2.05, 4.69) is 33.9 Å². The number of hydrogen-bond acceptors (Lipinski definition) is 7. The molecule has 0 bridgehead atoms. The minimum Gasteiger partial charge on any atom is -0.393 e. The van der Waals surface area contributed by atoms with E-state index in [1.807, 2.05) is 37.4 Å². The number of rotatable bonds is 7. The number of aryl methyl sites for hydroxylation is 1. The molecular formula is C22H27N5O3. The molecule has 2 aromatic heterocycles. The first-order valence-corrected chi connectivity index (χ1v) is 10.2. The fourth-order valence-corrected chi connectivity index (χ4v) is 3.48. The van der Waals surface area contributed by atoms with Crippen LogP contribution in [-0.2, 0) is 9.47 Å². The lowest BCUT2D eigenvalue weighted by molar-refractivity contribution is 0.0134. The highest BCUT2D eigenvalue weighted by molar-refractivity contribution is 5.60. The van der Waals surface area contributed by atoms with E-state index in [1.54, 1.807) is 4.68 Å². The van der Waals surface area contributed by atoms with Crippen LogP contribution in [-0.4, -0.2) is 64.4 Å². The van der Waals surface area contributed by atoms with E-state index in [0.717, 1.165) is 30.2 Å². The highest BCUT2D eigenvalue weighted by Gasteiger charge is 2.21. The largest absolute Gasteiger partial charge is 0.393 e. The SMILES string of the molecule is CCO[C@H](CO)c1nc(N2CCOCC2)cc(-n2ccc(-c3cccc(C)c3)n2)n1. The Morgan fingerprint density at radius 3 is 2.67 bits per heavy atom. The van der Waals surface area contributed by atoms with Gasteiger partial charge in [-0.3, -0.25) is 0 Å². The third-order valence-corrected chi connectivity index (χ3v) is 5.01. The predicted molar refractivity (Wildman–Crippen MR) is 114 cm³/mol. The molecule has 1 aliphatic rings. The molecular weight excluding hydrogens is 382 g/mol. The summed E-state index contributed by atoms with van der Waals surface area (Å²) in [4.78, 5) is 11.5. The van der Waals surface area contributed by atoms with E-state index < -0.39 is 6.10 Å². The number of morpholine rings is 1. The number of anilines is 1. The number of aliphatic hydroxyl groups is 1. The van der Waals surface area contributed by atoms with Gasteiger partial charge in [-0.05, 0) is 26.0 Å². The molecule has 1 N–H and O–H groups in total. The minimum absolute atomic E-state index is 0.187. The van der Waals surface area contributed by atoms with Gasteiger partial charge in [0, 0.05) is 37.5 Å². The molecule has 0 unspecified atom stereocenters. The molecule has 0 amide bonds. The van der Waals surface area contributed by atoms with Crippen molar-refractivity contribution in [1.82, 2.24) is 19.7 Å². The van der Waals surface area contributed by atoms with Gasteiger partial charge in [0.1, 0.15) is 11.9 Å². The van der Waals surface area contributed by atoms with Crippen molar-refractivity contribution in [3.63, 3.8) is 0 Å². The van der Waals surface area contributed by atoms with Crippen molar-refractivity contribution < 1.29 is 14.6 Å². The Balaban J connectivity index is 1.72. The lowest BCUT2D eigenvalue weighted by Gasteiger charge is -2.28. The second-order valence-corrected chi connectivity index (χ2v) is 7.18. The van der Waals surface area contributed by atoms with E-state index in [-0.39, 0.29) is 6.61 Å². The van der Waals surface area contributed by atoms with Gasteiger partial charge in [0.05, 0.1) is 25.5 Å². The maximum absolute atomic E-state index is 9.79. The molecule has 3 aromatic rings. The second kappa shape index (κ2) is 9.34. The number of benzene rings is 1. The van der Waals surface area contributed by atoms with Gasteiger partial charge < -0.3 is 19.5 Å². The van der Waals surface area contributed by atoms with Crippen LogP contribution < -0.4 is 4.90 Å². The van der Waals surface area contributed by atoms with Crippen LogP contribution in [0.15, 0.2) is 42.6 Å². The van der Waals surface area contributed by atoms with Crippen molar-refractivity contribution in [3.8, 4) is 17.1 Å². The van der Waals surface area contributed by atoms with E-state index in [0.29, 0.717) is 31.5 Å². The summed E-state index contributed by atoms with van der Waals surface area (Å²) in [6, 6.07) is 12.1. The Bertz CT molecular complexity index is 961. The summed E-state index contributed by atoms with van der Waals surface area (Å²) < 4.78 is 12.9. The Labute approximate surface area is 176 Å². The van der Waals surface area contributed by atoms with Crippen LogP contribution in [0.3, 0.4) is 0 Å². The van der Waals surface area contributed by atoms with Crippen molar-refractivity contribution in [2.45, 2.75) is 20.0 Å². The Morgan fingerprint density at radius 1 is 1.13 bits per heavy atom. The van der Waals surface area contributed by atoms with Crippen LogP contribution in [0.1, 0.15) is 24.4 Å². The summed E-state index contributed by atoms with van der Waals surface area (Å²) in [5, 5.41) is 14.5. The van der Waals surface area contributed by atoms with Crippen LogP contribution >= 0.6 is 0 Å². The number of aliphatic hydroxyl groups excluding tert-OH is 1. The molecule has 4 rings (SSSR count). The standard InChI is InChI=1S/C22H27N5O3/c1-3-30-19(15-28)22-23-20(26-9-11-29-12-10-26)14-21(24-22)27-8-7-18(25-27)17-6-4-5-16(2)13-17/h4-8,13-14,19,28H,3,9-12,15H2,1-2H3/t19-/m1/s1. The topological polar surface area (TPSA) is 85.5 Å². The zero-order valence-electron chi connectivity index (χ0n) is 17.4. The maximum Gasteiger partial charge on any atom is 0.164 e. The minimum atomic E-state index is -0.582. The molecule has 3 heterocycles. The highest BCUT2D eigenvalue weighted by atomic mass is 16.5. The molecule has 1 saturated heterocycles. The van der Waals surface area contributed by atoms with Gasteiger partial charge in [0.2, 0.25) is 0 Å². The lowest BCUT2D eigenvalue weighted by Crippen LogP contribution is -2.37. The van der Waals surface area contributed by atoms with Gasteiger partial charge in [0.15, 0.2) is 11.6 Å². The first kappa shape index (κ1) is 20.5. The second-order valence-electron chi connectivity index (χ2n) is 7.18. The first-order chi connectivity index (χ1) is 14.7. The van der Waals surface area contributed by atoms with E-state index in [1.165, 1.54) is 5.56 Å². The van der Waals surface area contributed by atoms with Crippen LogP contribution in [0.25, 0.3) is 17.1 Å². The highest BCUT2D eigenvalue weighted by Crippen LogP contribution is 2.23.